The maximum absolute atomic E-state index is 13.3. The Labute approximate surface area is 239 Å². The first kappa shape index (κ1) is 27.6. The zero-order chi connectivity index (χ0) is 28.1. The van der Waals surface area contributed by atoms with Crippen LogP contribution in [-0.2, 0) is 4.79 Å². The van der Waals surface area contributed by atoms with Crippen LogP contribution in [0.3, 0.4) is 0 Å². The van der Waals surface area contributed by atoms with Gasteiger partial charge in [-0.25, -0.2) is 9.97 Å². The lowest BCUT2D eigenvalue weighted by Crippen LogP contribution is -2.45. The fourth-order valence-corrected chi connectivity index (χ4v) is 5.25. The number of nitrogens with one attached hydrogen (secondary N) is 3. The predicted octanol–water partition coefficient (Wildman–Crippen LogP) is 4.10. The molecule has 1 fully saturated rings. The molecule has 2 aromatic rings. The number of allylic oxidation sites excluding steroid dienone is 2. The summed E-state index contributed by atoms with van der Waals surface area (Å²) in [6.07, 6.45) is 15.9. The highest BCUT2D eigenvalue weighted by Gasteiger charge is 2.28. The first-order chi connectivity index (χ1) is 19.4. The summed E-state index contributed by atoms with van der Waals surface area (Å²) in [6, 6.07) is 7.26. The van der Waals surface area contributed by atoms with Gasteiger partial charge in [-0.1, -0.05) is 35.9 Å². The third kappa shape index (κ3) is 6.60. The van der Waals surface area contributed by atoms with Crippen molar-refractivity contribution in [2.45, 2.75) is 31.3 Å². The minimum absolute atomic E-state index is 0.0134. The number of benzene rings is 1. The molecule has 1 saturated heterocycles. The Morgan fingerprint density at radius 1 is 1.25 bits per heavy atom. The minimum Gasteiger partial charge on any atom is -0.383 e. The Hall–Kier alpha value is -3.95. The summed E-state index contributed by atoms with van der Waals surface area (Å²) in [5, 5.41) is 10.1. The number of halogens is 1. The molecule has 2 unspecified atom stereocenters. The van der Waals surface area contributed by atoms with Gasteiger partial charge >= 0.3 is 0 Å². The van der Waals surface area contributed by atoms with Crippen LogP contribution in [0.4, 0.5) is 11.6 Å². The molecular weight excluding hydrogens is 526 g/mol. The molecule has 5 rings (SSSR count). The van der Waals surface area contributed by atoms with Crippen molar-refractivity contribution in [2.75, 3.05) is 44.4 Å². The molecule has 2 aliphatic heterocycles. The van der Waals surface area contributed by atoms with Gasteiger partial charge in [0.15, 0.2) is 0 Å². The Bertz CT molecular complexity index is 1380. The summed E-state index contributed by atoms with van der Waals surface area (Å²) in [5.74, 6) is 0.249. The van der Waals surface area contributed by atoms with Gasteiger partial charge in [-0.3, -0.25) is 9.59 Å². The van der Waals surface area contributed by atoms with E-state index in [1.54, 1.807) is 36.5 Å². The quantitative estimate of drug-likeness (QED) is 0.418. The number of rotatable bonds is 8. The zero-order valence-corrected chi connectivity index (χ0v) is 23.5. The molecule has 3 N–H and O–H groups in total. The van der Waals surface area contributed by atoms with Crippen molar-refractivity contribution in [2.24, 2.45) is 0 Å². The zero-order valence-electron chi connectivity index (χ0n) is 22.7. The van der Waals surface area contributed by atoms with E-state index >= 15 is 0 Å². The van der Waals surface area contributed by atoms with Gasteiger partial charge in [0.05, 0.1) is 23.0 Å². The lowest BCUT2D eigenvalue weighted by atomic mass is 9.94. The Balaban J connectivity index is 1.20. The van der Waals surface area contributed by atoms with E-state index in [0.29, 0.717) is 47.6 Å². The molecule has 0 bridgehead atoms. The molecular formula is C30H34ClN7O2. The van der Waals surface area contributed by atoms with Crippen molar-refractivity contribution in [3.8, 4) is 0 Å². The minimum atomic E-state index is -0.203. The molecule has 208 valence electrons. The van der Waals surface area contributed by atoms with E-state index in [1.165, 1.54) is 11.6 Å². The summed E-state index contributed by atoms with van der Waals surface area (Å²) in [6.45, 7) is 1.90. The normalized spacial score (nSPS) is 20.1. The molecule has 3 aliphatic rings. The third-order valence-corrected chi connectivity index (χ3v) is 7.36. The smallest absolute Gasteiger partial charge is 0.253 e. The van der Waals surface area contributed by atoms with Crippen LogP contribution in [0.1, 0.15) is 35.3 Å². The highest BCUT2D eigenvalue weighted by molar-refractivity contribution is 6.32. The van der Waals surface area contributed by atoms with Crippen LogP contribution in [-0.4, -0.2) is 77.4 Å². The van der Waals surface area contributed by atoms with Gasteiger partial charge in [0, 0.05) is 54.8 Å². The van der Waals surface area contributed by atoms with Crippen LogP contribution < -0.4 is 16.0 Å². The molecule has 0 saturated carbocycles. The standard InChI is InChI=1S/C30H34ClN7O2/c1-37(2)15-6-10-27(39)34-21-13-11-20(12-14-21)29(40)38-16-5-7-22(19-38)35-30-33-18-25(31)28(36-30)24-17-32-26-9-4-3-8-23(24)26/h3-4,6,8,10-14,17-18,22,26,32H,5,7,9,15-16,19H2,1-2H3,(H,34,39)(H,33,35,36)/b10-6+. The number of fused-ring (bicyclic) bond motifs is 1. The SMILES string of the molecule is CN(C)C/C=C/C(=O)Nc1ccc(C(=O)N2CCCC(Nc3ncc(Cl)c(C4=CNC5CC=CC=C45)n3)C2)cc1. The first-order valence-electron chi connectivity index (χ1n) is 13.5. The molecule has 2 atom stereocenters. The number of amides is 2. The fraction of sp³-hybridized carbons (Fsp3) is 0.333. The number of likely N-dealkylation sites (N-methyl/N-ethyl adjacent to an activating group) is 1. The lowest BCUT2D eigenvalue weighted by Gasteiger charge is -2.33. The fourth-order valence-electron chi connectivity index (χ4n) is 5.06. The van der Waals surface area contributed by atoms with Crippen LogP contribution in [0, 0.1) is 0 Å². The Kier molecular flexibility index (Phi) is 8.62. The van der Waals surface area contributed by atoms with Crippen molar-refractivity contribution >= 4 is 40.6 Å². The summed E-state index contributed by atoms with van der Waals surface area (Å²) in [5.41, 5.74) is 4.07. The second-order valence-corrected chi connectivity index (χ2v) is 10.8. The number of hydrogen-bond acceptors (Lipinski definition) is 7. The molecule has 10 heteroatoms. The molecule has 1 aromatic heterocycles. The molecule has 1 aromatic carbocycles. The number of likely N-dealkylation sites (tertiary alicyclic amines) is 1. The maximum Gasteiger partial charge on any atom is 0.253 e. The molecule has 0 spiro atoms. The first-order valence-corrected chi connectivity index (χ1v) is 13.9. The number of nitrogens with zero attached hydrogens (tertiary/aromatic N) is 4. The van der Waals surface area contributed by atoms with E-state index in [4.69, 9.17) is 16.6 Å². The molecule has 1 aliphatic carbocycles. The van der Waals surface area contributed by atoms with Crippen LogP contribution >= 0.6 is 11.6 Å². The number of anilines is 2. The molecule has 3 heterocycles. The van der Waals surface area contributed by atoms with E-state index in [1.807, 2.05) is 30.1 Å². The van der Waals surface area contributed by atoms with Gasteiger partial charge in [0.25, 0.3) is 5.91 Å². The molecule has 9 nitrogen and oxygen atoms in total. The second kappa shape index (κ2) is 12.5. The van der Waals surface area contributed by atoms with Gasteiger partial charge in [-0.05, 0) is 63.2 Å². The van der Waals surface area contributed by atoms with Crippen LogP contribution in [0.15, 0.2) is 72.6 Å². The average Bonchev–Trinajstić information content (AvgIpc) is 3.38. The Morgan fingerprint density at radius 2 is 2.08 bits per heavy atom. The van der Waals surface area contributed by atoms with E-state index in [9.17, 15) is 9.59 Å². The van der Waals surface area contributed by atoms with Gasteiger partial charge in [-0.15, -0.1) is 0 Å². The largest absolute Gasteiger partial charge is 0.383 e. The van der Waals surface area contributed by atoms with Crippen molar-refractivity contribution < 1.29 is 9.59 Å². The van der Waals surface area contributed by atoms with E-state index < -0.39 is 0 Å². The van der Waals surface area contributed by atoms with E-state index in [2.05, 4.69) is 39.2 Å². The highest BCUT2D eigenvalue weighted by Crippen LogP contribution is 2.35. The van der Waals surface area contributed by atoms with E-state index in [0.717, 1.165) is 24.8 Å². The number of carbonyl (C=O) groups excluding carboxylic acids is 2. The average molecular weight is 560 g/mol. The van der Waals surface area contributed by atoms with Gasteiger partial charge in [0.2, 0.25) is 11.9 Å². The summed E-state index contributed by atoms with van der Waals surface area (Å²) < 4.78 is 0. The van der Waals surface area contributed by atoms with E-state index in [-0.39, 0.29) is 23.9 Å². The third-order valence-electron chi connectivity index (χ3n) is 7.08. The molecule has 40 heavy (non-hydrogen) atoms. The highest BCUT2D eigenvalue weighted by atomic mass is 35.5. The molecule has 0 radical (unpaired) electrons. The van der Waals surface area contributed by atoms with Gasteiger partial charge in [-0.2, -0.15) is 0 Å². The van der Waals surface area contributed by atoms with Crippen LogP contribution in [0.2, 0.25) is 5.02 Å². The summed E-state index contributed by atoms with van der Waals surface area (Å²) >= 11 is 6.51. The monoisotopic (exact) mass is 559 g/mol. The molecule has 2 amide bonds. The number of hydrogen-bond donors (Lipinski definition) is 3. The van der Waals surface area contributed by atoms with Gasteiger partial charge < -0.3 is 25.8 Å². The van der Waals surface area contributed by atoms with Gasteiger partial charge in [0.1, 0.15) is 0 Å². The van der Waals surface area contributed by atoms with Crippen molar-refractivity contribution in [3.05, 3.63) is 88.9 Å². The summed E-state index contributed by atoms with van der Waals surface area (Å²) in [4.78, 5) is 38.4. The van der Waals surface area contributed by atoms with Crippen molar-refractivity contribution in [1.29, 1.82) is 0 Å². The summed E-state index contributed by atoms with van der Waals surface area (Å²) in [7, 11) is 3.88. The number of aromatic nitrogens is 2. The van der Waals surface area contributed by atoms with Crippen molar-refractivity contribution in [3.63, 3.8) is 0 Å². The van der Waals surface area contributed by atoms with Crippen molar-refractivity contribution in [1.82, 2.24) is 25.1 Å². The topological polar surface area (TPSA) is 102 Å². The predicted molar refractivity (Wildman–Crippen MR) is 159 cm³/mol. The van der Waals surface area contributed by atoms with Crippen LogP contribution in [0.25, 0.3) is 5.57 Å². The number of piperidine rings is 1. The number of carbonyl (C=O) groups is 2. The lowest BCUT2D eigenvalue weighted by molar-refractivity contribution is -0.111. The Morgan fingerprint density at radius 3 is 2.88 bits per heavy atom. The second-order valence-electron chi connectivity index (χ2n) is 10.4. The van der Waals surface area contributed by atoms with Crippen LogP contribution in [0.5, 0.6) is 0 Å². The maximum atomic E-state index is 13.3.